The van der Waals surface area contributed by atoms with E-state index in [-0.39, 0.29) is 35.0 Å². The highest BCUT2D eigenvalue weighted by Crippen LogP contribution is 2.36. The molecule has 0 aliphatic carbocycles. The number of aryl methyl sites for hydroxylation is 1. The van der Waals surface area contributed by atoms with Crippen molar-refractivity contribution in [3.8, 4) is 0 Å². The summed E-state index contributed by atoms with van der Waals surface area (Å²) in [4.78, 5) is 13.5. The van der Waals surface area contributed by atoms with Crippen LogP contribution in [-0.2, 0) is 7.05 Å². The zero-order chi connectivity index (χ0) is 24.0. The number of hydrogen-bond acceptors (Lipinski definition) is 5. The van der Waals surface area contributed by atoms with Crippen LogP contribution in [-0.4, -0.2) is 49.8 Å². The van der Waals surface area contributed by atoms with Crippen molar-refractivity contribution < 1.29 is 8.78 Å². The quantitative estimate of drug-likeness (QED) is 0.384. The van der Waals surface area contributed by atoms with Crippen LogP contribution in [0.1, 0.15) is 31.0 Å². The van der Waals surface area contributed by atoms with Crippen molar-refractivity contribution in [1.29, 1.82) is 0 Å². The molecule has 3 heterocycles. The lowest BCUT2D eigenvalue weighted by Crippen LogP contribution is -2.57. The Morgan fingerprint density at radius 1 is 0.882 bits per heavy atom. The second-order valence-electron chi connectivity index (χ2n) is 8.87. The molecule has 0 spiro atoms. The van der Waals surface area contributed by atoms with Crippen LogP contribution < -0.4 is 4.90 Å². The lowest BCUT2D eigenvalue weighted by atomic mass is 9.93. The predicted molar refractivity (Wildman–Crippen MR) is 129 cm³/mol. The molecule has 0 amide bonds. The predicted octanol–water partition coefficient (Wildman–Crippen LogP) is 4.98. The number of halogens is 3. The normalized spacial score (nSPS) is 19.3. The van der Waals surface area contributed by atoms with E-state index in [0.717, 1.165) is 22.3 Å². The molecule has 1 aliphatic heterocycles. The van der Waals surface area contributed by atoms with Gasteiger partial charge in [0.05, 0.1) is 17.6 Å². The van der Waals surface area contributed by atoms with Gasteiger partial charge < -0.3 is 4.90 Å². The van der Waals surface area contributed by atoms with Crippen LogP contribution in [0.4, 0.5) is 14.6 Å². The van der Waals surface area contributed by atoms with Crippen molar-refractivity contribution in [3.05, 3.63) is 82.8 Å². The molecule has 0 saturated carbocycles. The molecule has 9 heteroatoms. The summed E-state index contributed by atoms with van der Waals surface area (Å²) >= 11 is 6.26. The minimum atomic E-state index is -0.283. The average molecular weight is 483 g/mol. The number of aromatic nitrogens is 4. The number of hydrogen-bond donors (Lipinski definition) is 0. The van der Waals surface area contributed by atoms with Crippen molar-refractivity contribution in [3.63, 3.8) is 0 Å². The van der Waals surface area contributed by atoms with Crippen molar-refractivity contribution in [2.75, 3.05) is 18.0 Å². The number of fused-ring (bicyclic) bond motifs is 1. The standard InChI is InChI=1S/C25H25ClF2N6/c1-15-14-34(24-21-12-29-32(3)23(21)30-25(26)31-24)16(2)13-33(15)22(17-4-8-19(27)9-5-17)18-6-10-20(28)11-7-18/h4-12,15-16,22H,13-14H2,1-3H3/t15-,16+/m1/s1. The summed E-state index contributed by atoms with van der Waals surface area (Å²) in [5.41, 5.74) is 2.60. The second kappa shape index (κ2) is 8.92. The number of anilines is 1. The fourth-order valence-corrected chi connectivity index (χ4v) is 5.03. The average Bonchev–Trinajstić information content (AvgIpc) is 3.18. The van der Waals surface area contributed by atoms with Crippen LogP contribution in [0.3, 0.4) is 0 Å². The first-order valence-electron chi connectivity index (χ1n) is 11.2. The van der Waals surface area contributed by atoms with Gasteiger partial charge in [-0.05, 0) is 60.8 Å². The van der Waals surface area contributed by atoms with Gasteiger partial charge in [0, 0.05) is 32.2 Å². The number of nitrogens with zero attached hydrogens (tertiary/aromatic N) is 6. The second-order valence-corrected chi connectivity index (χ2v) is 9.21. The first-order valence-corrected chi connectivity index (χ1v) is 11.6. The largest absolute Gasteiger partial charge is 0.350 e. The van der Waals surface area contributed by atoms with Crippen LogP contribution in [0.15, 0.2) is 54.7 Å². The minimum Gasteiger partial charge on any atom is -0.350 e. The molecule has 5 rings (SSSR count). The highest BCUT2D eigenvalue weighted by atomic mass is 35.5. The molecule has 1 aliphatic rings. The lowest BCUT2D eigenvalue weighted by Gasteiger charge is -2.48. The van der Waals surface area contributed by atoms with E-state index in [1.807, 2.05) is 7.05 Å². The van der Waals surface area contributed by atoms with E-state index >= 15 is 0 Å². The number of rotatable bonds is 4. The molecule has 2 aromatic heterocycles. The summed E-state index contributed by atoms with van der Waals surface area (Å²) in [5, 5.41) is 5.37. The van der Waals surface area contributed by atoms with Crippen molar-refractivity contribution >= 4 is 28.5 Å². The molecular formula is C25H25ClF2N6. The molecule has 1 saturated heterocycles. The Morgan fingerprint density at radius 2 is 1.47 bits per heavy atom. The molecule has 34 heavy (non-hydrogen) atoms. The number of piperazine rings is 1. The van der Waals surface area contributed by atoms with Crippen LogP contribution in [0.25, 0.3) is 11.0 Å². The van der Waals surface area contributed by atoms with E-state index in [1.165, 1.54) is 24.3 Å². The van der Waals surface area contributed by atoms with Gasteiger partial charge in [0.1, 0.15) is 17.5 Å². The minimum absolute atomic E-state index is 0.0916. The van der Waals surface area contributed by atoms with E-state index in [9.17, 15) is 8.78 Å². The molecular weight excluding hydrogens is 458 g/mol. The van der Waals surface area contributed by atoms with Crippen molar-refractivity contribution in [2.24, 2.45) is 7.05 Å². The van der Waals surface area contributed by atoms with Gasteiger partial charge in [-0.15, -0.1) is 0 Å². The summed E-state index contributed by atoms with van der Waals surface area (Å²) < 4.78 is 29.1. The van der Waals surface area contributed by atoms with Gasteiger partial charge in [0.15, 0.2) is 5.65 Å². The fourth-order valence-electron chi connectivity index (χ4n) is 4.87. The Hall–Kier alpha value is -3.10. The molecule has 0 bridgehead atoms. The van der Waals surface area contributed by atoms with Crippen LogP contribution in [0.2, 0.25) is 5.28 Å². The SMILES string of the molecule is C[C@@H]1CN(c2nc(Cl)nc3c2cnn3C)[C@@H](C)CN1C(c1ccc(F)cc1)c1ccc(F)cc1. The highest BCUT2D eigenvalue weighted by molar-refractivity contribution is 6.28. The van der Waals surface area contributed by atoms with Gasteiger partial charge in [-0.25, -0.2) is 8.78 Å². The van der Waals surface area contributed by atoms with Gasteiger partial charge in [0.2, 0.25) is 5.28 Å². The van der Waals surface area contributed by atoms with Crippen LogP contribution >= 0.6 is 11.6 Å². The molecule has 0 radical (unpaired) electrons. The Labute approximate surface area is 201 Å². The Kier molecular flexibility index (Phi) is 5.95. The van der Waals surface area contributed by atoms with Gasteiger partial charge in [-0.3, -0.25) is 9.58 Å². The Morgan fingerprint density at radius 3 is 2.06 bits per heavy atom. The van der Waals surface area contributed by atoms with Gasteiger partial charge in [-0.1, -0.05) is 24.3 Å². The van der Waals surface area contributed by atoms with Crippen LogP contribution in [0, 0.1) is 11.6 Å². The summed E-state index contributed by atoms with van der Waals surface area (Å²) in [6, 6.07) is 13.1. The molecule has 0 N–H and O–H groups in total. The third-order valence-electron chi connectivity index (χ3n) is 6.55. The van der Waals surface area contributed by atoms with Crippen molar-refractivity contribution in [2.45, 2.75) is 32.0 Å². The molecule has 6 nitrogen and oxygen atoms in total. The maximum absolute atomic E-state index is 13.7. The maximum Gasteiger partial charge on any atom is 0.226 e. The van der Waals surface area contributed by atoms with Gasteiger partial charge in [-0.2, -0.15) is 15.1 Å². The molecule has 4 aromatic rings. The third-order valence-corrected chi connectivity index (χ3v) is 6.72. The molecule has 2 aromatic carbocycles. The molecule has 0 unspecified atom stereocenters. The van der Waals surface area contributed by atoms with E-state index in [4.69, 9.17) is 11.6 Å². The Bertz CT molecular complexity index is 1260. The zero-order valence-electron chi connectivity index (χ0n) is 19.2. The van der Waals surface area contributed by atoms with E-state index < -0.39 is 0 Å². The topological polar surface area (TPSA) is 50.1 Å². The smallest absolute Gasteiger partial charge is 0.226 e. The third kappa shape index (κ3) is 4.12. The molecule has 2 atom stereocenters. The summed E-state index contributed by atoms with van der Waals surface area (Å²) in [7, 11) is 1.83. The molecule has 176 valence electrons. The maximum atomic E-state index is 13.7. The van der Waals surface area contributed by atoms with Crippen LogP contribution in [0.5, 0.6) is 0 Å². The molecule has 1 fully saturated rings. The van der Waals surface area contributed by atoms with Crippen molar-refractivity contribution in [1.82, 2.24) is 24.6 Å². The van der Waals surface area contributed by atoms with E-state index in [2.05, 4.69) is 38.7 Å². The van der Waals surface area contributed by atoms with Gasteiger partial charge in [0.25, 0.3) is 0 Å². The van der Waals surface area contributed by atoms with E-state index in [0.29, 0.717) is 18.7 Å². The van der Waals surface area contributed by atoms with Gasteiger partial charge >= 0.3 is 0 Å². The first-order chi connectivity index (χ1) is 16.3. The zero-order valence-corrected chi connectivity index (χ0v) is 19.9. The fraction of sp³-hybridized carbons (Fsp3) is 0.320. The number of benzene rings is 2. The summed E-state index contributed by atoms with van der Waals surface area (Å²) in [6.45, 7) is 5.70. The lowest BCUT2D eigenvalue weighted by molar-refractivity contribution is 0.129. The Balaban J connectivity index is 1.51. The monoisotopic (exact) mass is 482 g/mol. The first kappa shape index (κ1) is 22.7. The summed E-state index contributed by atoms with van der Waals surface area (Å²) in [5.74, 6) is 0.199. The van der Waals surface area contributed by atoms with E-state index in [1.54, 1.807) is 35.1 Å². The highest BCUT2D eigenvalue weighted by Gasteiger charge is 2.36. The summed E-state index contributed by atoms with van der Waals surface area (Å²) in [6.07, 6.45) is 1.77.